The van der Waals surface area contributed by atoms with Gasteiger partial charge in [-0.25, -0.2) is 0 Å². The maximum absolute atomic E-state index is 10.2. The number of aromatic nitrogens is 3. The number of hydrogen-bond acceptors (Lipinski definition) is 6. The lowest BCUT2D eigenvalue weighted by Crippen LogP contribution is -2.53. The van der Waals surface area contributed by atoms with Gasteiger partial charge in [-0.3, -0.25) is 4.99 Å². The Bertz CT molecular complexity index is 822. The molecule has 0 radical (unpaired) electrons. The molecule has 2 aromatic rings. The molecule has 3 rings (SSSR count). The molecule has 32 heavy (non-hydrogen) atoms. The van der Waals surface area contributed by atoms with Crippen molar-refractivity contribution >= 4 is 35.6 Å². The lowest BCUT2D eigenvalue weighted by atomic mass is 10.2. The topological polar surface area (TPSA) is 91.0 Å². The number of hydrogen-bond donors (Lipinski definition) is 2. The zero-order chi connectivity index (χ0) is 21.9. The van der Waals surface area contributed by atoms with Gasteiger partial charge >= 0.3 is 0 Å². The number of aryl methyl sites for hydroxylation is 1. The molecule has 0 amide bonds. The second-order valence-electron chi connectivity index (χ2n) is 7.44. The van der Waals surface area contributed by atoms with Crippen LogP contribution >= 0.6 is 24.0 Å². The van der Waals surface area contributed by atoms with Crippen LogP contribution in [0.3, 0.4) is 0 Å². The van der Waals surface area contributed by atoms with Gasteiger partial charge in [0.1, 0.15) is 17.9 Å². The number of halogens is 1. The van der Waals surface area contributed by atoms with Crippen LogP contribution in [0.15, 0.2) is 35.6 Å². The van der Waals surface area contributed by atoms with Crippen LogP contribution in [0.1, 0.15) is 26.1 Å². The number of nitrogens with zero attached hydrogens (tertiary/aromatic N) is 6. The van der Waals surface area contributed by atoms with Crippen LogP contribution in [0.2, 0.25) is 0 Å². The van der Waals surface area contributed by atoms with Gasteiger partial charge in [-0.15, -0.1) is 34.2 Å². The molecule has 0 unspecified atom stereocenters. The van der Waals surface area contributed by atoms with Crippen LogP contribution in [0.4, 0.5) is 5.69 Å². The molecule has 178 valence electrons. The second kappa shape index (κ2) is 14.1. The van der Waals surface area contributed by atoms with Crippen molar-refractivity contribution < 1.29 is 9.84 Å². The number of phenolic OH excluding ortho intramolecular Hbond substituents is 1. The maximum atomic E-state index is 10.2. The maximum Gasteiger partial charge on any atom is 0.194 e. The molecule has 1 aromatic heterocycles. The number of piperazine rings is 1. The van der Waals surface area contributed by atoms with Crippen LogP contribution in [0.5, 0.6) is 5.75 Å². The van der Waals surface area contributed by atoms with Crippen molar-refractivity contribution in [2.45, 2.75) is 33.2 Å². The van der Waals surface area contributed by atoms with E-state index in [1.165, 1.54) is 0 Å². The monoisotopic (exact) mass is 557 g/mol. The minimum atomic E-state index is 0. The van der Waals surface area contributed by atoms with E-state index in [0.717, 1.165) is 89.3 Å². The third kappa shape index (κ3) is 7.51. The highest BCUT2D eigenvalue weighted by molar-refractivity contribution is 14.0. The van der Waals surface area contributed by atoms with Gasteiger partial charge in [-0.1, -0.05) is 19.1 Å². The van der Waals surface area contributed by atoms with E-state index in [1.54, 1.807) is 12.4 Å². The molecule has 0 bridgehead atoms. The van der Waals surface area contributed by atoms with E-state index in [1.807, 2.05) is 25.1 Å². The molecule has 1 aliphatic rings. The Labute approximate surface area is 207 Å². The van der Waals surface area contributed by atoms with Gasteiger partial charge in [-0.05, 0) is 25.5 Å². The Balaban J connectivity index is 0.00000363. The van der Waals surface area contributed by atoms with Crippen molar-refractivity contribution in [2.24, 2.45) is 4.99 Å². The van der Waals surface area contributed by atoms with Gasteiger partial charge in [0.05, 0.1) is 5.69 Å². The van der Waals surface area contributed by atoms with E-state index in [-0.39, 0.29) is 24.0 Å². The number of para-hydroxylation sites is 2. The van der Waals surface area contributed by atoms with E-state index in [2.05, 4.69) is 36.8 Å². The minimum absolute atomic E-state index is 0. The Hall–Kier alpha value is -2.08. The highest BCUT2D eigenvalue weighted by atomic mass is 127. The molecule has 1 fully saturated rings. The van der Waals surface area contributed by atoms with Gasteiger partial charge in [0.2, 0.25) is 0 Å². The fraction of sp³-hybridized carbons (Fsp3) is 0.591. The predicted octanol–water partition coefficient (Wildman–Crippen LogP) is 2.36. The molecular formula is C22H36IN7O2. The average Bonchev–Trinajstić information content (AvgIpc) is 3.26. The molecule has 10 heteroatoms. The van der Waals surface area contributed by atoms with Gasteiger partial charge in [0, 0.05) is 65.4 Å². The van der Waals surface area contributed by atoms with E-state index in [9.17, 15) is 5.11 Å². The first kappa shape index (κ1) is 26.2. The van der Waals surface area contributed by atoms with E-state index in [4.69, 9.17) is 9.73 Å². The summed E-state index contributed by atoms with van der Waals surface area (Å²) in [7, 11) is 0. The number of aliphatic imine (C=N–C) groups is 1. The molecule has 9 nitrogen and oxygen atoms in total. The number of anilines is 1. The normalized spacial score (nSPS) is 14.4. The van der Waals surface area contributed by atoms with Crippen LogP contribution in [0, 0.1) is 0 Å². The van der Waals surface area contributed by atoms with Crippen molar-refractivity contribution in [3.8, 4) is 5.75 Å². The van der Waals surface area contributed by atoms with Gasteiger partial charge in [0.15, 0.2) is 5.96 Å². The summed E-state index contributed by atoms with van der Waals surface area (Å²) in [6, 6.07) is 7.52. The van der Waals surface area contributed by atoms with Gasteiger partial charge < -0.3 is 29.5 Å². The molecule has 0 atom stereocenters. The number of ether oxygens (including phenoxy) is 1. The first-order valence-electron chi connectivity index (χ1n) is 11.2. The molecule has 0 spiro atoms. The van der Waals surface area contributed by atoms with E-state index >= 15 is 0 Å². The minimum Gasteiger partial charge on any atom is -0.506 e. The number of nitrogens with one attached hydrogen (secondary N) is 1. The largest absolute Gasteiger partial charge is 0.506 e. The quantitative estimate of drug-likeness (QED) is 0.201. The SMILES string of the molecule is CCOCCCN=C(NCCn1cnnc1CC)N1CCN(c2ccccc2O)CC1.I. The fourth-order valence-corrected chi connectivity index (χ4v) is 3.68. The van der Waals surface area contributed by atoms with Crippen molar-refractivity contribution in [3.63, 3.8) is 0 Å². The van der Waals surface area contributed by atoms with Crippen LogP contribution in [-0.4, -0.2) is 83.2 Å². The average molecular weight is 557 g/mol. The molecule has 2 N–H and O–H groups in total. The summed E-state index contributed by atoms with van der Waals surface area (Å²) in [5.74, 6) is 2.26. The smallest absolute Gasteiger partial charge is 0.194 e. The van der Waals surface area contributed by atoms with Crippen LogP contribution in [0.25, 0.3) is 0 Å². The number of guanidine groups is 1. The zero-order valence-corrected chi connectivity index (χ0v) is 21.4. The number of phenols is 1. The molecule has 0 saturated carbocycles. The lowest BCUT2D eigenvalue weighted by molar-refractivity contribution is 0.146. The fourth-order valence-electron chi connectivity index (χ4n) is 3.68. The third-order valence-electron chi connectivity index (χ3n) is 5.36. The first-order chi connectivity index (χ1) is 15.2. The van der Waals surface area contributed by atoms with Crippen LogP contribution < -0.4 is 10.2 Å². The summed E-state index contributed by atoms with van der Waals surface area (Å²) in [4.78, 5) is 9.36. The van der Waals surface area contributed by atoms with Crippen molar-refractivity contribution in [1.29, 1.82) is 0 Å². The summed E-state index contributed by atoms with van der Waals surface area (Å²) in [5, 5.41) is 21.8. The molecule has 2 heterocycles. The predicted molar refractivity (Wildman–Crippen MR) is 138 cm³/mol. The Morgan fingerprint density at radius 1 is 1.19 bits per heavy atom. The van der Waals surface area contributed by atoms with Crippen molar-refractivity contribution in [2.75, 3.05) is 57.4 Å². The van der Waals surface area contributed by atoms with Crippen molar-refractivity contribution in [3.05, 3.63) is 36.4 Å². The second-order valence-corrected chi connectivity index (χ2v) is 7.44. The van der Waals surface area contributed by atoms with Gasteiger partial charge in [0.25, 0.3) is 0 Å². The molecule has 1 aromatic carbocycles. The summed E-state index contributed by atoms with van der Waals surface area (Å²) in [6.45, 7) is 11.2. The number of aromatic hydroxyl groups is 1. The Kier molecular flexibility index (Phi) is 11.6. The summed E-state index contributed by atoms with van der Waals surface area (Å²) in [5.41, 5.74) is 0.894. The Morgan fingerprint density at radius 3 is 2.69 bits per heavy atom. The van der Waals surface area contributed by atoms with Crippen molar-refractivity contribution in [1.82, 2.24) is 25.0 Å². The van der Waals surface area contributed by atoms with E-state index in [0.29, 0.717) is 5.75 Å². The molecule has 1 aliphatic heterocycles. The molecule has 0 aliphatic carbocycles. The number of benzene rings is 1. The molecular weight excluding hydrogens is 521 g/mol. The zero-order valence-electron chi connectivity index (χ0n) is 19.1. The summed E-state index contributed by atoms with van der Waals surface area (Å²) >= 11 is 0. The highest BCUT2D eigenvalue weighted by Crippen LogP contribution is 2.27. The Morgan fingerprint density at radius 2 is 1.97 bits per heavy atom. The summed E-state index contributed by atoms with van der Waals surface area (Å²) < 4.78 is 7.52. The third-order valence-corrected chi connectivity index (χ3v) is 5.36. The summed E-state index contributed by atoms with van der Waals surface area (Å²) in [6.07, 6.45) is 3.56. The first-order valence-corrected chi connectivity index (χ1v) is 11.2. The standard InChI is InChI=1S/C22H35N7O2.HI/c1-3-21-26-25-18-29(21)12-11-24-22(23-10-7-17-31-4-2)28-15-13-27(14-16-28)19-8-5-6-9-20(19)30;/h5-6,8-9,18,30H,3-4,7,10-17H2,1-2H3,(H,23,24);1H. The van der Waals surface area contributed by atoms with E-state index < -0.39 is 0 Å². The van der Waals surface area contributed by atoms with Gasteiger partial charge in [-0.2, -0.15) is 0 Å². The highest BCUT2D eigenvalue weighted by Gasteiger charge is 2.21. The lowest BCUT2D eigenvalue weighted by Gasteiger charge is -2.38. The van der Waals surface area contributed by atoms with Crippen LogP contribution in [-0.2, 0) is 17.7 Å². The number of rotatable bonds is 10. The molecule has 1 saturated heterocycles.